The zero-order valence-corrected chi connectivity index (χ0v) is 74.0. The van der Waals surface area contributed by atoms with Gasteiger partial charge in [0.1, 0.15) is 42.9 Å². The number of fused-ring (bicyclic) bond motifs is 3. The van der Waals surface area contributed by atoms with Crippen LogP contribution in [0.15, 0.2) is 83.6 Å². The van der Waals surface area contributed by atoms with E-state index in [-0.39, 0.29) is 157 Å². The molecule has 0 amide bonds. The molecule has 0 aromatic heterocycles. The van der Waals surface area contributed by atoms with Crippen LogP contribution in [0, 0.1) is 87.3 Å². The van der Waals surface area contributed by atoms with Crippen molar-refractivity contribution in [1.29, 1.82) is 0 Å². The topological polar surface area (TPSA) is 345 Å². The standard InChI is InChI=1S/C31H52NO8P.C27H40O5.C25H36O6.C6H16NO3P/c1-7-31(5,6)30(35)40-27-17-22(20-32-14-15-41(36,37-8-2)38-9-3)16-23-11-10-21(4)26(29(23)27)13-12-25-18-24(33)19-28(34)39-25;1-6-8-18-13-19-10-9-17(3)22(12-11-21-15-20(28)16-24(29)31-21)25(19)23(14-18)32-26(30)27(4,5)7-2;1-5-25(3,4)24(29)31-21-11-16(14-26)10-17-7-6-15(2)20(23(17)21)9-8-19-12-18(27)13-22(28)30-19;1-3-9-11(8,6-5-7)10-4-2/h10-11,16,21-22,24-27,29,32-33H,7-9,12-15,17-20H2,1-6H3;6,8-10,13,17-18,20-23,25,28H,7,11-12,14-16H2,1-5H3;6-7,10,14-16,18-21,23,27H,5,8-9,11-13H2,1-4H3;3-7H2,1-2H3/b;8-6+;;/t21-,22-,24+,25+,26-,27-,29-;17-,18-,20+,21+,22-,23-,25-;15-,16-,18+,19+,20-,21-,23-;/m000./s1. The average molecular weight is 1660 g/mol. The van der Waals surface area contributed by atoms with Gasteiger partial charge < -0.3 is 77.7 Å². The van der Waals surface area contributed by atoms with Crippen molar-refractivity contribution < 1.29 is 105 Å². The quantitative estimate of drug-likeness (QED) is 0.00982. The maximum absolute atomic E-state index is 13.3. The first kappa shape index (κ1) is 98.6. The summed E-state index contributed by atoms with van der Waals surface area (Å²) < 4.78 is 80.1. The highest BCUT2D eigenvalue weighted by Gasteiger charge is 2.48. The third-order valence-electron chi connectivity index (χ3n) is 24.9. The summed E-state index contributed by atoms with van der Waals surface area (Å²) in [6.45, 7) is 36.2. The highest BCUT2D eigenvalue weighted by molar-refractivity contribution is 7.54. The van der Waals surface area contributed by atoms with Crippen LogP contribution in [0.2, 0.25) is 0 Å². The van der Waals surface area contributed by atoms with Crippen LogP contribution in [-0.2, 0) is 89.2 Å². The van der Waals surface area contributed by atoms with Crippen LogP contribution in [0.5, 0.6) is 0 Å². The van der Waals surface area contributed by atoms with E-state index in [9.17, 15) is 58.0 Å². The third-order valence-corrected chi connectivity index (χ3v) is 29.1. The molecule has 3 fully saturated rings. The predicted octanol–water partition coefficient (Wildman–Crippen LogP) is 15.5. The largest absolute Gasteiger partial charge is 0.462 e. The van der Waals surface area contributed by atoms with Gasteiger partial charge in [-0.25, -0.2) is 0 Å². The molecule has 652 valence electrons. The maximum atomic E-state index is 13.3. The Balaban J connectivity index is 0.000000254. The van der Waals surface area contributed by atoms with Crippen LogP contribution in [0.1, 0.15) is 233 Å². The molecule has 0 radical (unpaired) electrons. The van der Waals surface area contributed by atoms with Gasteiger partial charge in [-0.3, -0.25) is 37.9 Å². The van der Waals surface area contributed by atoms with E-state index < -0.39 is 49.7 Å². The van der Waals surface area contributed by atoms with Crippen LogP contribution in [0.4, 0.5) is 0 Å². The average Bonchev–Trinajstić information content (AvgIpc) is 0.783. The Labute approximate surface area is 686 Å². The molecule has 3 heterocycles. The summed E-state index contributed by atoms with van der Waals surface area (Å²) in [5, 5.41) is 33.4. The summed E-state index contributed by atoms with van der Waals surface area (Å²) in [6.07, 6.45) is 32.1. The van der Waals surface area contributed by atoms with E-state index in [0.717, 1.165) is 50.4 Å². The van der Waals surface area contributed by atoms with E-state index in [1.54, 1.807) is 13.8 Å². The summed E-state index contributed by atoms with van der Waals surface area (Å²) in [6, 6.07) is 0. The summed E-state index contributed by atoms with van der Waals surface area (Å²) in [4.78, 5) is 86.1. The first-order valence-corrected chi connectivity index (χ1v) is 46.5. The minimum atomic E-state index is -3.11. The molecule has 6 N–H and O–H groups in total. The van der Waals surface area contributed by atoms with Gasteiger partial charge >= 0.3 is 51.0 Å². The molecule has 0 unspecified atom stereocenters. The molecule has 3 saturated heterocycles. The Hall–Kier alpha value is -5.23. The number of aldehydes is 1. The molecule has 0 aromatic carbocycles. The number of nitrogens with one attached hydrogen (secondary N) is 1. The van der Waals surface area contributed by atoms with Gasteiger partial charge in [0.15, 0.2) is 0 Å². The van der Waals surface area contributed by atoms with E-state index >= 15 is 0 Å². The lowest BCUT2D eigenvalue weighted by atomic mass is 9.65. The lowest BCUT2D eigenvalue weighted by molar-refractivity contribution is -0.166. The van der Waals surface area contributed by atoms with Crippen molar-refractivity contribution >= 4 is 57.3 Å². The summed E-state index contributed by atoms with van der Waals surface area (Å²) in [5.74, 6) is 0.341. The fourth-order valence-electron chi connectivity index (χ4n) is 17.2. The Morgan fingerprint density at radius 3 is 1.16 bits per heavy atom. The molecule has 3 aliphatic heterocycles. The molecule has 0 spiro atoms. The van der Waals surface area contributed by atoms with Crippen molar-refractivity contribution in [3.05, 3.63) is 83.6 Å². The smallest absolute Gasteiger partial charge is 0.331 e. The summed E-state index contributed by atoms with van der Waals surface area (Å²) in [7, 11) is -5.96. The fraction of sp³-hybridized carbons (Fsp3) is 0.764. The normalized spacial score (nSPS) is 31.4. The number of allylic oxidation sites excluding steroid dienone is 10. The van der Waals surface area contributed by atoms with Crippen molar-refractivity contribution in [2.45, 2.75) is 288 Å². The molecule has 0 saturated carbocycles. The molecule has 9 aliphatic rings. The van der Waals surface area contributed by atoms with Gasteiger partial charge in [-0.1, -0.05) is 108 Å². The zero-order valence-electron chi connectivity index (χ0n) is 72.2. The summed E-state index contributed by atoms with van der Waals surface area (Å²) >= 11 is 0. The number of carbonyl (C=O) groups is 7. The van der Waals surface area contributed by atoms with Crippen molar-refractivity contribution in [3.63, 3.8) is 0 Å². The zero-order chi connectivity index (χ0) is 85.2. The molecule has 24 nitrogen and oxygen atoms in total. The molecule has 9 rings (SSSR count). The number of hydrogen-bond donors (Lipinski definition) is 5. The van der Waals surface area contributed by atoms with Crippen molar-refractivity contribution in [1.82, 2.24) is 5.32 Å². The molecule has 0 aromatic rings. The maximum Gasteiger partial charge on any atom is 0.331 e. The number of carbonyl (C=O) groups excluding carboxylic acids is 7. The number of hydrogen-bond acceptors (Lipinski definition) is 24. The van der Waals surface area contributed by atoms with Gasteiger partial charge in [0.05, 0.1) is 92.6 Å². The SMILES string of the molecule is C/C=C/[C@H]1C=C2C=C[C@H](C)[C@H](CC[C@@H]3C[C@@H](O)CC(=O)O3)[C@H]2[C@@H](OC(=O)C(C)(C)CC)C1.CCC(C)(C)C(=O)O[C@H]1C[C@@H](C=O)C=C2C=C[C@H](C)[C@H](CC[C@@H]3C[C@@H](O)CC(=O)O3)[C@H]21.CCOP(=O)(CCN)OCC.CCOP(=O)(CCNC[C@H]1C=C2C=C[C@H](C)[C@H](CC[C@@H]3C[C@@H](O)CC(=O)O3)[C@H]2[C@@H](OC(=O)C(C)(C)CC)C1)OCC. The minimum Gasteiger partial charge on any atom is -0.462 e. The predicted molar refractivity (Wildman–Crippen MR) is 444 cm³/mol. The molecule has 21 atom stereocenters. The molecule has 26 heteroatoms. The first-order valence-electron chi connectivity index (χ1n) is 43.1. The number of ether oxygens (including phenoxy) is 6. The molecule has 6 aliphatic carbocycles. The number of aliphatic hydroxyl groups is 3. The van der Waals surface area contributed by atoms with E-state index in [1.165, 1.54) is 11.1 Å². The lowest BCUT2D eigenvalue weighted by Gasteiger charge is -2.44. The second-order valence-corrected chi connectivity index (χ2v) is 39.3. The Morgan fingerprint density at radius 2 is 0.835 bits per heavy atom. The van der Waals surface area contributed by atoms with Crippen LogP contribution in [-0.4, -0.2) is 171 Å². The van der Waals surface area contributed by atoms with Gasteiger partial charge in [-0.05, 0) is 217 Å². The minimum absolute atomic E-state index is 0.0111. The van der Waals surface area contributed by atoms with Crippen molar-refractivity contribution in [3.8, 4) is 0 Å². The highest BCUT2D eigenvalue weighted by atomic mass is 31.2. The second-order valence-electron chi connectivity index (χ2n) is 34.9. The fourth-order valence-corrected chi connectivity index (χ4v) is 20.1. The lowest BCUT2D eigenvalue weighted by Crippen LogP contribution is -2.44. The number of cyclic esters (lactones) is 3. The summed E-state index contributed by atoms with van der Waals surface area (Å²) in [5.41, 5.74) is 7.06. The molecular weight excluding hydrogens is 1510 g/mol. The van der Waals surface area contributed by atoms with Gasteiger partial charge in [0.25, 0.3) is 0 Å². The first-order chi connectivity index (χ1) is 54.4. The van der Waals surface area contributed by atoms with E-state index in [1.807, 2.05) is 89.2 Å². The molecule has 115 heavy (non-hydrogen) atoms. The van der Waals surface area contributed by atoms with Gasteiger partial charge in [-0.15, -0.1) is 0 Å². The highest BCUT2D eigenvalue weighted by Crippen LogP contribution is 2.52. The van der Waals surface area contributed by atoms with Crippen LogP contribution in [0.25, 0.3) is 0 Å². The van der Waals surface area contributed by atoms with E-state index in [2.05, 4.69) is 86.8 Å². The van der Waals surface area contributed by atoms with Gasteiger partial charge in [-0.2, -0.15) is 0 Å². The van der Waals surface area contributed by atoms with Gasteiger partial charge in [0.2, 0.25) is 0 Å². The van der Waals surface area contributed by atoms with Crippen LogP contribution < -0.4 is 11.1 Å². The number of esters is 6. The number of rotatable bonds is 35. The monoisotopic (exact) mass is 1650 g/mol. The Bertz CT molecular complexity index is 3450. The van der Waals surface area contributed by atoms with Crippen LogP contribution >= 0.6 is 15.2 Å². The Kier molecular flexibility index (Phi) is 39.9. The van der Waals surface area contributed by atoms with Crippen molar-refractivity contribution in [2.75, 3.05) is 58.4 Å². The van der Waals surface area contributed by atoms with E-state index in [4.69, 9.17) is 52.2 Å². The van der Waals surface area contributed by atoms with Crippen molar-refractivity contribution in [2.24, 2.45) is 93.0 Å². The second kappa shape index (κ2) is 46.5. The van der Waals surface area contributed by atoms with Crippen LogP contribution in [0.3, 0.4) is 0 Å². The number of aliphatic hydroxyl groups excluding tert-OH is 3. The molecule has 0 bridgehead atoms. The van der Waals surface area contributed by atoms with E-state index in [0.29, 0.717) is 122 Å². The molecular formula is C89H144N2O22P2. The Morgan fingerprint density at radius 1 is 0.504 bits per heavy atom. The third kappa shape index (κ3) is 29.6. The number of nitrogens with two attached hydrogens (primary N) is 1. The van der Waals surface area contributed by atoms with Gasteiger partial charge in [0, 0.05) is 62.6 Å².